The smallest absolute Gasteiger partial charge is 0.338 e. The van der Waals surface area contributed by atoms with Crippen LogP contribution in [0.25, 0.3) is 27.8 Å². The quantitative estimate of drug-likeness (QED) is 0.323. The Bertz CT molecular complexity index is 1250. The highest BCUT2D eigenvalue weighted by Crippen LogP contribution is 2.35. The molecule has 0 fully saturated rings. The summed E-state index contributed by atoms with van der Waals surface area (Å²) in [6, 6.07) is 20.3. The van der Waals surface area contributed by atoms with Crippen LogP contribution in [0, 0.1) is 0 Å². The molecule has 4 rings (SSSR count). The topological polar surface area (TPSA) is 59.0 Å². The minimum Gasteiger partial charge on any atom is -0.338 e. The van der Waals surface area contributed by atoms with Crippen LogP contribution in [0.5, 0.6) is 0 Å². The minimum atomic E-state index is -4.60. The second-order valence-electron chi connectivity index (χ2n) is 7.62. The van der Waals surface area contributed by atoms with Gasteiger partial charge >= 0.3 is 12.2 Å². The third kappa shape index (κ3) is 5.00. The number of fused-ring (bicyclic) bond motifs is 1. The maximum atomic E-state index is 13.7. The molecule has 0 saturated heterocycles. The van der Waals surface area contributed by atoms with Crippen LogP contribution in [0.4, 0.5) is 23.7 Å². The molecule has 1 heterocycles. The molecule has 0 radical (unpaired) electrons. The Hall–Kier alpha value is -3.81. The van der Waals surface area contributed by atoms with E-state index in [0.717, 1.165) is 28.5 Å². The summed E-state index contributed by atoms with van der Waals surface area (Å²) in [4.78, 5) is 15.8. The number of unbranched alkanes of at least 4 members (excludes halogenated alkanes) is 1. The molecule has 3 aromatic carbocycles. The first-order chi connectivity index (χ1) is 15.9. The van der Waals surface area contributed by atoms with Gasteiger partial charge in [-0.2, -0.15) is 13.2 Å². The van der Waals surface area contributed by atoms with Crippen LogP contribution in [-0.4, -0.2) is 22.1 Å². The van der Waals surface area contributed by atoms with E-state index in [1.54, 1.807) is 60.7 Å². The Morgan fingerprint density at radius 3 is 2.33 bits per heavy atom. The second-order valence-corrected chi connectivity index (χ2v) is 7.62. The van der Waals surface area contributed by atoms with Gasteiger partial charge in [0.05, 0.1) is 11.0 Å². The zero-order valence-electron chi connectivity index (χ0n) is 18.0. The number of anilines is 1. The maximum Gasteiger partial charge on any atom is 0.450 e. The monoisotopic (exact) mass is 452 g/mol. The van der Waals surface area contributed by atoms with Crippen molar-refractivity contribution in [2.75, 3.05) is 11.9 Å². The normalized spacial score (nSPS) is 11.5. The van der Waals surface area contributed by atoms with Gasteiger partial charge in [-0.1, -0.05) is 49.7 Å². The van der Waals surface area contributed by atoms with E-state index in [-0.39, 0.29) is 11.5 Å². The molecule has 0 aliphatic heterocycles. The second kappa shape index (κ2) is 9.36. The van der Waals surface area contributed by atoms with Crippen molar-refractivity contribution in [2.45, 2.75) is 25.9 Å². The summed E-state index contributed by atoms with van der Waals surface area (Å²) in [5.41, 5.74) is 3.18. The molecule has 0 spiro atoms. The van der Waals surface area contributed by atoms with Gasteiger partial charge in [0.1, 0.15) is 0 Å². The van der Waals surface area contributed by atoms with Crippen LogP contribution in [0.1, 0.15) is 25.6 Å². The summed E-state index contributed by atoms with van der Waals surface area (Å²) < 4.78 is 42.3. The number of nitrogens with zero attached hydrogens (tertiary/aromatic N) is 2. The minimum absolute atomic E-state index is 0.251. The lowest BCUT2D eigenvalue weighted by Crippen LogP contribution is -2.29. The number of para-hydroxylation sites is 1. The van der Waals surface area contributed by atoms with Gasteiger partial charge in [0.25, 0.3) is 0 Å². The number of rotatable bonds is 6. The number of carbonyl (C=O) groups is 1. The van der Waals surface area contributed by atoms with E-state index in [1.807, 2.05) is 19.1 Å². The van der Waals surface area contributed by atoms with Gasteiger partial charge in [0, 0.05) is 17.9 Å². The average Bonchev–Trinajstić information content (AvgIpc) is 3.20. The van der Waals surface area contributed by atoms with Crippen LogP contribution in [-0.2, 0) is 6.18 Å². The zero-order chi connectivity index (χ0) is 23.4. The van der Waals surface area contributed by atoms with E-state index < -0.39 is 12.0 Å². The Kier molecular flexibility index (Phi) is 6.35. The highest BCUT2D eigenvalue weighted by atomic mass is 19.4. The molecule has 170 valence electrons. The van der Waals surface area contributed by atoms with Crippen molar-refractivity contribution in [1.82, 2.24) is 14.9 Å². The highest BCUT2D eigenvalue weighted by molar-refractivity contribution is 5.90. The van der Waals surface area contributed by atoms with Crippen LogP contribution in [0.15, 0.2) is 72.8 Å². The predicted octanol–water partition coefficient (Wildman–Crippen LogP) is 6.63. The number of benzene rings is 3. The van der Waals surface area contributed by atoms with Gasteiger partial charge in [-0.05, 0) is 53.9 Å². The molecule has 0 aliphatic rings. The van der Waals surface area contributed by atoms with Crippen molar-refractivity contribution < 1.29 is 18.0 Å². The molecule has 0 saturated carbocycles. The molecule has 5 nitrogen and oxygen atoms in total. The standard InChI is InChI=1S/C25H23F3N4O/c1-2-3-15-29-24(33)30-19-12-9-17(10-13-19)18-11-14-22-21(16-18)31-23(25(26,27)28)32(22)20-7-5-4-6-8-20/h4-14,16H,2-3,15H2,1H3,(H2,29,30,33). The van der Waals surface area contributed by atoms with Crippen LogP contribution >= 0.6 is 0 Å². The van der Waals surface area contributed by atoms with Gasteiger partial charge < -0.3 is 10.6 Å². The number of alkyl halides is 3. The van der Waals surface area contributed by atoms with Gasteiger partial charge in [0.2, 0.25) is 5.82 Å². The van der Waals surface area contributed by atoms with Crippen molar-refractivity contribution in [3.8, 4) is 16.8 Å². The Labute approximate surface area is 189 Å². The molecule has 4 aromatic rings. The van der Waals surface area contributed by atoms with Gasteiger partial charge in [-0.15, -0.1) is 0 Å². The van der Waals surface area contributed by atoms with Crippen molar-refractivity contribution in [3.05, 3.63) is 78.6 Å². The number of carbonyl (C=O) groups excluding carboxylic acids is 1. The van der Waals surface area contributed by atoms with Crippen molar-refractivity contribution in [2.24, 2.45) is 0 Å². The number of hydrogen-bond donors (Lipinski definition) is 2. The third-order valence-corrected chi connectivity index (χ3v) is 5.21. The Balaban J connectivity index is 1.63. The number of nitrogens with one attached hydrogen (secondary N) is 2. The first-order valence-electron chi connectivity index (χ1n) is 10.7. The molecule has 2 amide bonds. The first kappa shape index (κ1) is 22.4. The largest absolute Gasteiger partial charge is 0.450 e. The molecule has 1 aromatic heterocycles. The summed E-state index contributed by atoms with van der Waals surface area (Å²) in [7, 11) is 0. The molecule has 0 unspecified atom stereocenters. The molecule has 0 aliphatic carbocycles. The predicted molar refractivity (Wildman–Crippen MR) is 123 cm³/mol. The van der Waals surface area contributed by atoms with Gasteiger partial charge in [0.15, 0.2) is 0 Å². The summed E-state index contributed by atoms with van der Waals surface area (Å²) in [5.74, 6) is -0.963. The van der Waals surface area contributed by atoms with Crippen LogP contribution < -0.4 is 10.6 Å². The summed E-state index contributed by atoms with van der Waals surface area (Å²) in [6.45, 7) is 2.65. The number of imidazole rings is 1. The fraction of sp³-hybridized carbons (Fsp3) is 0.200. The highest BCUT2D eigenvalue weighted by Gasteiger charge is 2.38. The molecule has 33 heavy (non-hydrogen) atoms. The Morgan fingerprint density at radius 1 is 0.970 bits per heavy atom. The van der Waals surface area contributed by atoms with E-state index in [9.17, 15) is 18.0 Å². The zero-order valence-corrected chi connectivity index (χ0v) is 18.0. The van der Waals surface area contributed by atoms with Crippen molar-refractivity contribution >= 4 is 22.8 Å². The lowest BCUT2D eigenvalue weighted by Gasteiger charge is -2.11. The first-order valence-corrected chi connectivity index (χ1v) is 10.7. The molecular weight excluding hydrogens is 429 g/mol. The van der Waals surface area contributed by atoms with E-state index in [1.165, 1.54) is 0 Å². The van der Waals surface area contributed by atoms with Crippen LogP contribution in [0.2, 0.25) is 0 Å². The lowest BCUT2D eigenvalue weighted by atomic mass is 10.0. The van der Waals surface area contributed by atoms with E-state index in [2.05, 4.69) is 15.6 Å². The number of aromatic nitrogens is 2. The van der Waals surface area contributed by atoms with E-state index >= 15 is 0 Å². The number of hydrogen-bond acceptors (Lipinski definition) is 2. The maximum absolute atomic E-state index is 13.7. The summed E-state index contributed by atoms with van der Waals surface area (Å²) in [6.07, 6.45) is -2.70. The van der Waals surface area contributed by atoms with Gasteiger partial charge in [-0.25, -0.2) is 9.78 Å². The van der Waals surface area contributed by atoms with Crippen molar-refractivity contribution in [3.63, 3.8) is 0 Å². The van der Waals surface area contributed by atoms with Gasteiger partial charge in [-0.3, -0.25) is 4.57 Å². The van der Waals surface area contributed by atoms with Crippen LogP contribution in [0.3, 0.4) is 0 Å². The fourth-order valence-corrected chi connectivity index (χ4v) is 3.59. The molecule has 0 atom stereocenters. The molecule has 8 heteroatoms. The van der Waals surface area contributed by atoms with E-state index in [4.69, 9.17) is 0 Å². The SMILES string of the molecule is CCCCNC(=O)Nc1ccc(-c2ccc3c(c2)nc(C(F)(F)F)n3-c2ccccc2)cc1. The molecule has 2 N–H and O–H groups in total. The number of halogens is 3. The van der Waals surface area contributed by atoms with Crippen molar-refractivity contribution in [1.29, 1.82) is 0 Å². The molecule has 0 bridgehead atoms. The third-order valence-electron chi connectivity index (χ3n) is 5.21. The Morgan fingerprint density at radius 2 is 1.67 bits per heavy atom. The lowest BCUT2D eigenvalue weighted by molar-refractivity contribution is -0.145. The number of urea groups is 1. The van der Waals surface area contributed by atoms with E-state index in [0.29, 0.717) is 23.4 Å². The molecular formula is C25H23F3N4O. The summed E-state index contributed by atoms with van der Waals surface area (Å²) in [5, 5.41) is 5.54. The summed E-state index contributed by atoms with van der Waals surface area (Å²) >= 11 is 0. The average molecular weight is 452 g/mol. The number of amides is 2. The fourth-order valence-electron chi connectivity index (χ4n) is 3.59.